The van der Waals surface area contributed by atoms with Crippen LogP contribution in [-0.4, -0.2) is 91.0 Å². The van der Waals surface area contributed by atoms with Crippen LogP contribution >= 0.6 is 0 Å². The number of hydrogen-bond donors (Lipinski definition) is 2. The Hall–Kier alpha value is -4.28. The number of nitrogens with one attached hydrogen (secondary N) is 2. The summed E-state index contributed by atoms with van der Waals surface area (Å²) in [6.07, 6.45) is 1.93. The van der Waals surface area contributed by atoms with Crippen molar-refractivity contribution in [3.05, 3.63) is 48.5 Å². The van der Waals surface area contributed by atoms with Crippen LogP contribution in [0.25, 0.3) is 44.8 Å². The predicted molar refractivity (Wildman–Crippen MR) is 160 cm³/mol. The molecule has 41 heavy (non-hydrogen) atoms. The number of rotatable bonds is 12. The molecule has 0 saturated heterocycles. The maximum atomic E-state index is 5.94. The van der Waals surface area contributed by atoms with E-state index in [-0.39, 0.29) is 6.79 Å². The molecule has 0 amide bonds. The van der Waals surface area contributed by atoms with Gasteiger partial charge in [0, 0.05) is 25.2 Å². The fraction of sp³-hybridized carbons (Fsp3) is 0.355. The molecule has 6 rings (SSSR count). The van der Waals surface area contributed by atoms with Gasteiger partial charge in [0.2, 0.25) is 6.79 Å². The average molecular weight is 557 g/mol. The minimum Gasteiger partial charge on any atom is -0.493 e. The van der Waals surface area contributed by atoms with E-state index >= 15 is 0 Å². The van der Waals surface area contributed by atoms with Crippen molar-refractivity contribution < 1.29 is 18.9 Å². The summed E-state index contributed by atoms with van der Waals surface area (Å²) in [5.41, 5.74) is 5.17. The van der Waals surface area contributed by atoms with Crippen molar-refractivity contribution in [2.24, 2.45) is 0 Å². The zero-order chi connectivity index (χ0) is 28.3. The van der Waals surface area contributed by atoms with Crippen LogP contribution in [0.4, 0.5) is 0 Å². The smallest absolute Gasteiger partial charge is 0.231 e. The Morgan fingerprint density at radius 1 is 0.683 bits per heavy atom. The van der Waals surface area contributed by atoms with Gasteiger partial charge < -0.3 is 38.7 Å². The van der Waals surface area contributed by atoms with Gasteiger partial charge in [-0.15, -0.1) is 0 Å². The zero-order valence-electron chi connectivity index (χ0n) is 24.0. The molecule has 0 spiro atoms. The molecule has 0 aliphatic carbocycles. The first-order chi connectivity index (χ1) is 19.9. The van der Waals surface area contributed by atoms with Gasteiger partial charge in [-0.25, -0.2) is 9.97 Å². The third-order valence-corrected chi connectivity index (χ3v) is 6.97. The van der Waals surface area contributed by atoms with Gasteiger partial charge in [-0.3, -0.25) is 0 Å². The van der Waals surface area contributed by atoms with E-state index in [1.165, 1.54) is 0 Å². The number of aromatic nitrogens is 4. The van der Waals surface area contributed by atoms with E-state index in [9.17, 15) is 0 Å². The molecule has 2 aromatic heterocycles. The summed E-state index contributed by atoms with van der Waals surface area (Å²) in [6, 6.07) is 15.8. The summed E-state index contributed by atoms with van der Waals surface area (Å²) in [4.78, 5) is 20.8. The fourth-order valence-electron chi connectivity index (χ4n) is 4.92. The molecule has 1 aliphatic heterocycles. The summed E-state index contributed by atoms with van der Waals surface area (Å²) >= 11 is 0. The summed E-state index contributed by atoms with van der Waals surface area (Å²) < 4.78 is 23.8. The van der Waals surface area contributed by atoms with Crippen molar-refractivity contribution in [1.82, 2.24) is 29.7 Å². The molecule has 0 saturated carbocycles. The summed E-state index contributed by atoms with van der Waals surface area (Å²) in [5.74, 6) is 4.34. The Balaban J connectivity index is 1.23. The molecule has 214 valence electrons. The molecule has 0 radical (unpaired) electrons. The van der Waals surface area contributed by atoms with Crippen LogP contribution in [0, 0.1) is 0 Å². The second-order valence-electron chi connectivity index (χ2n) is 10.8. The normalized spacial score (nSPS) is 12.7. The van der Waals surface area contributed by atoms with Crippen molar-refractivity contribution in [2.45, 2.75) is 12.8 Å². The number of benzene rings is 3. The second-order valence-corrected chi connectivity index (χ2v) is 10.8. The van der Waals surface area contributed by atoms with Crippen LogP contribution in [0.15, 0.2) is 48.5 Å². The molecule has 2 N–H and O–H groups in total. The van der Waals surface area contributed by atoms with Crippen LogP contribution < -0.4 is 18.9 Å². The summed E-state index contributed by atoms with van der Waals surface area (Å²) in [5, 5.41) is 0. The minimum atomic E-state index is 0.135. The zero-order valence-corrected chi connectivity index (χ0v) is 24.0. The van der Waals surface area contributed by atoms with Crippen LogP contribution in [-0.2, 0) is 0 Å². The Kier molecular flexibility index (Phi) is 7.67. The topological polar surface area (TPSA) is 101 Å². The van der Waals surface area contributed by atoms with Gasteiger partial charge in [0.15, 0.2) is 11.5 Å². The molecular formula is C31H36N6O4. The van der Waals surface area contributed by atoms with Crippen molar-refractivity contribution in [3.63, 3.8) is 0 Å². The number of imidazole rings is 2. The molecule has 5 aromatic rings. The first-order valence-corrected chi connectivity index (χ1v) is 13.9. The van der Waals surface area contributed by atoms with Crippen LogP contribution in [0.2, 0.25) is 0 Å². The number of hydrogen-bond acceptors (Lipinski definition) is 8. The number of fused-ring (bicyclic) bond motifs is 3. The molecule has 1 aliphatic rings. The highest BCUT2D eigenvalue weighted by atomic mass is 16.7. The Bertz CT molecular complexity index is 1540. The lowest BCUT2D eigenvalue weighted by Gasteiger charge is -2.10. The van der Waals surface area contributed by atoms with Gasteiger partial charge >= 0.3 is 0 Å². The van der Waals surface area contributed by atoms with Crippen molar-refractivity contribution in [1.29, 1.82) is 0 Å². The highest BCUT2D eigenvalue weighted by Crippen LogP contribution is 2.47. The van der Waals surface area contributed by atoms with E-state index in [0.717, 1.165) is 70.6 Å². The molecule has 0 fully saturated rings. The minimum absolute atomic E-state index is 0.135. The van der Waals surface area contributed by atoms with Crippen LogP contribution in [0.1, 0.15) is 12.8 Å². The lowest BCUT2D eigenvalue weighted by molar-refractivity contribution is 0.174. The quantitative estimate of drug-likeness (QED) is 0.203. The Labute approximate surface area is 239 Å². The third kappa shape index (κ3) is 5.94. The van der Waals surface area contributed by atoms with E-state index in [2.05, 4.69) is 48.0 Å². The number of ether oxygens (including phenoxy) is 4. The maximum Gasteiger partial charge on any atom is 0.231 e. The second kappa shape index (κ2) is 11.7. The van der Waals surface area contributed by atoms with Gasteiger partial charge in [-0.1, -0.05) is 0 Å². The van der Waals surface area contributed by atoms with E-state index in [4.69, 9.17) is 28.9 Å². The molecule has 0 bridgehead atoms. The van der Waals surface area contributed by atoms with Crippen molar-refractivity contribution in [3.8, 4) is 45.8 Å². The van der Waals surface area contributed by atoms with Crippen molar-refractivity contribution >= 4 is 22.1 Å². The molecule has 0 unspecified atom stereocenters. The molecule has 10 nitrogen and oxygen atoms in total. The Morgan fingerprint density at radius 2 is 1.15 bits per heavy atom. The highest BCUT2D eigenvalue weighted by Gasteiger charge is 2.26. The average Bonchev–Trinajstić information content (AvgIpc) is 3.70. The van der Waals surface area contributed by atoms with E-state index in [1.54, 1.807) is 0 Å². The van der Waals surface area contributed by atoms with Gasteiger partial charge in [0.05, 0.1) is 46.4 Å². The lowest BCUT2D eigenvalue weighted by atomic mass is 10.1. The molecule has 3 heterocycles. The number of nitrogens with zero attached hydrogens (tertiary/aromatic N) is 4. The van der Waals surface area contributed by atoms with Gasteiger partial charge in [-0.05, 0) is 77.4 Å². The van der Waals surface area contributed by atoms with Crippen LogP contribution in [0.5, 0.6) is 23.0 Å². The first-order valence-electron chi connectivity index (χ1n) is 13.9. The molecule has 10 heteroatoms. The first kappa shape index (κ1) is 26.9. The monoisotopic (exact) mass is 556 g/mol. The van der Waals surface area contributed by atoms with Crippen molar-refractivity contribution in [2.75, 3.05) is 61.3 Å². The molecular weight excluding hydrogens is 520 g/mol. The maximum absolute atomic E-state index is 5.94. The Morgan fingerprint density at radius 3 is 1.59 bits per heavy atom. The predicted octanol–water partition coefficient (Wildman–Crippen LogP) is 5.16. The highest BCUT2D eigenvalue weighted by molar-refractivity contribution is 5.87. The standard InChI is InChI=1S/C31H36N6O4/c1-36(2)13-5-15-38-20-7-11-24-26(17-20)34-30(32-24)22-9-10-23(29-28(22)40-19-41-29)31-33-25-12-8-21(18-27(25)35-31)39-16-6-14-37(3)4/h7-12,17-18H,5-6,13-16,19H2,1-4H3,(H,32,34)(H,33,35). The number of aromatic amines is 2. The van der Waals surface area contributed by atoms with Gasteiger partial charge in [0.25, 0.3) is 0 Å². The van der Waals surface area contributed by atoms with Gasteiger partial charge in [0.1, 0.15) is 23.1 Å². The molecule has 0 atom stereocenters. The van der Waals surface area contributed by atoms with E-state index in [0.29, 0.717) is 36.4 Å². The van der Waals surface area contributed by atoms with E-state index in [1.807, 2.05) is 48.5 Å². The largest absolute Gasteiger partial charge is 0.493 e. The van der Waals surface area contributed by atoms with Crippen LogP contribution in [0.3, 0.4) is 0 Å². The number of H-pyrrole nitrogens is 2. The van der Waals surface area contributed by atoms with Gasteiger partial charge in [-0.2, -0.15) is 0 Å². The summed E-state index contributed by atoms with van der Waals surface area (Å²) in [7, 11) is 8.25. The fourth-order valence-corrected chi connectivity index (χ4v) is 4.92. The lowest BCUT2D eigenvalue weighted by Crippen LogP contribution is -2.15. The van der Waals surface area contributed by atoms with E-state index < -0.39 is 0 Å². The third-order valence-electron chi connectivity index (χ3n) is 6.97. The SMILES string of the molecule is CN(C)CCCOc1ccc2nc(-c3ccc(-c4nc5ccc(OCCCN(C)C)cc5[nH]4)c4c3OCO4)[nH]c2c1. The molecule has 3 aromatic carbocycles. The summed E-state index contributed by atoms with van der Waals surface area (Å²) in [6.45, 7) is 3.44.